The van der Waals surface area contributed by atoms with Gasteiger partial charge in [-0.1, -0.05) is 6.07 Å². The van der Waals surface area contributed by atoms with E-state index < -0.39 is 0 Å². The largest absolute Gasteiger partial charge is 0.298 e. The summed E-state index contributed by atoms with van der Waals surface area (Å²) in [5.74, 6) is 0.456. The molecule has 0 aliphatic rings. The number of nitrogens with zero attached hydrogens (tertiary/aromatic N) is 1. The molecule has 4 heteroatoms. The Morgan fingerprint density at radius 1 is 1.50 bits per heavy atom. The van der Waals surface area contributed by atoms with Crippen molar-refractivity contribution in [2.75, 3.05) is 5.75 Å². The zero-order chi connectivity index (χ0) is 9.97. The van der Waals surface area contributed by atoms with Crippen LogP contribution in [0.2, 0.25) is 0 Å². The highest BCUT2D eigenvalue weighted by atomic mass is 32.1. The second kappa shape index (κ2) is 4.11. The summed E-state index contributed by atoms with van der Waals surface area (Å²) in [6, 6.07) is 5.92. The third kappa shape index (κ3) is 1.96. The van der Waals surface area contributed by atoms with Gasteiger partial charge < -0.3 is 0 Å². The van der Waals surface area contributed by atoms with Gasteiger partial charge in [0.15, 0.2) is 0 Å². The summed E-state index contributed by atoms with van der Waals surface area (Å²) >= 11 is 5.54. The predicted octanol–water partition coefficient (Wildman–Crippen LogP) is 2.34. The number of fused-ring (bicyclic) bond motifs is 1. The van der Waals surface area contributed by atoms with Crippen LogP contribution < -0.4 is 0 Å². The van der Waals surface area contributed by atoms with Crippen LogP contribution in [0.5, 0.6) is 0 Å². The first-order valence-electron chi connectivity index (χ1n) is 4.24. The zero-order valence-electron chi connectivity index (χ0n) is 7.43. The minimum atomic E-state index is 0.150. The van der Waals surface area contributed by atoms with E-state index in [1.54, 1.807) is 11.3 Å². The standard InChI is InChI=1S/C10H9NOS2/c12-8(5-13)3-7-1-2-9-10(4-7)14-6-11-9/h1-2,4,6,13H,3,5H2. The highest BCUT2D eigenvalue weighted by Gasteiger charge is 2.03. The van der Waals surface area contributed by atoms with E-state index >= 15 is 0 Å². The molecule has 0 aliphatic carbocycles. The number of benzene rings is 1. The Morgan fingerprint density at radius 2 is 2.36 bits per heavy atom. The first-order chi connectivity index (χ1) is 6.79. The number of hydrogen-bond acceptors (Lipinski definition) is 4. The van der Waals surface area contributed by atoms with E-state index in [-0.39, 0.29) is 5.78 Å². The number of thiol groups is 1. The fraction of sp³-hybridized carbons (Fsp3) is 0.200. The molecule has 14 heavy (non-hydrogen) atoms. The zero-order valence-corrected chi connectivity index (χ0v) is 9.15. The molecule has 0 amide bonds. The molecule has 0 saturated heterocycles. The summed E-state index contributed by atoms with van der Waals surface area (Å²) < 4.78 is 1.13. The van der Waals surface area contributed by atoms with Gasteiger partial charge in [-0.2, -0.15) is 12.6 Å². The average molecular weight is 223 g/mol. The molecule has 2 rings (SSSR count). The fourth-order valence-corrected chi connectivity index (χ4v) is 2.15. The Labute approximate surface area is 91.4 Å². The first kappa shape index (κ1) is 9.68. The monoisotopic (exact) mass is 223 g/mol. The fourth-order valence-electron chi connectivity index (χ4n) is 1.29. The molecule has 0 bridgehead atoms. The second-order valence-electron chi connectivity index (χ2n) is 3.03. The highest BCUT2D eigenvalue weighted by Crippen LogP contribution is 2.19. The van der Waals surface area contributed by atoms with Crippen LogP contribution in [0.1, 0.15) is 5.56 Å². The average Bonchev–Trinajstić information content (AvgIpc) is 2.64. The van der Waals surface area contributed by atoms with E-state index in [0.29, 0.717) is 12.2 Å². The van der Waals surface area contributed by atoms with Crippen LogP contribution in [0.15, 0.2) is 23.7 Å². The van der Waals surface area contributed by atoms with Gasteiger partial charge >= 0.3 is 0 Å². The number of carbonyl (C=O) groups is 1. The molecule has 1 aromatic heterocycles. The topological polar surface area (TPSA) is 30.0 Å². The van der Waals surface area contributed by atoms with E-state index in [4.69, 9.17) is 0 Å². The van der Waals surface area contributed by atoms with Gasteiger partial charge in [0.25, 0.3) is 0 Å². The minimum absolute atomic E-state index is 0.150. The van der Waals surface area contributed by atoms with Gasteiger partial charge in [-0.05, 0) is 17.7 Å². The molecule has 0 unspecified atom stereocenters. The molecule has 0 spiro atoms. The molecular weight excluding hydrogens is 214 g/mol. The normalized spacial score (nSPS) is 10.6. The number of ketones is 1. The number of hydrogen-bond donors (Lipinski definition) is 1. The van der Waals surface area contributed by atoms with Crippen LogP contribution in [0, 0.1) is 0 Å². The molecule has 0 fully saturated rings. The quantitative estimate of drug-likeness (QED) is 0.809. The lowest BCUT2D eigenvalue weighted by molar-refractivity contribution is -0.115. The summed E-state index contributed by atoms with van der Waals surface area (Å²) in [7, 11) is 0. The van der Waals surface area contributed by atoms with E-state index in [2.05, 4.69) is 17.6 Å². The minimum Gasteiger partial charge on any atom is -0.298 e. The summed E-state index contributed by atoms with van der Waals surface area (Å²) in [5, 5.41) is 0. The van der Waals surface area contributed by atoms with Crippen LogP contribution in [0.4, 0.5) is 0 Å². The Hall–Kier alpha value is -0.870. The number of Topliss-reactive ketones (excluding diaryl/α,β-unsaturated/α-hetero) is 1. The van der Waals surface area contributed by atoms with E-state index in [1.807, 2.05) is 23.7 Å². The Bertz CT molecular complexity index is 464. The molecule has 0 aliphatic heterocycles. The van der Waals surface area contributed by atoms with Gasteiger partial charge in [0.05, 0.1) is 15.7 Å². The Morgan fingerprint density at radius 3 is 3.14 bits per heavy atom. The van der Waals surface area contributed by atoms with Crippen LogP contribution >= 0.6 is 24.0 Å². The Kier molecular flexibility index (Phi) is 2.84. The number of carbonyl (C=O) groups excluding carboxylic acids is 1. The highest BCUT2D eigenvalue weighted by molar-refractivity contribution is 7.81. The third-order valence-electron chi connectivity index (χ3n) is 1.97. The van der Waals surface area contributed by atoms with Gasteiger partial charge in [0.1, 0.15) is 5.78 Å². The summed E-state index contributed by atoms with van der Waals surface area (Å²) in [6.45, 7) is 0. The molecule has 2 nitrogen and oxygen atoms in total. The second-order valence-corrected chi connectivity index (χ2v) is 4.23. The number of rotatable bonds is 3. The van der Waals surface area contributed by atoms with Crippen molar-refractivity contribution >= 4 is 40.0 Å². The molecule has 1 heterocycles. The van der Waals surface area contributed by atoms with Crippen LogP contribution in [0.25, 0.3) is 10.2 Å². The summed E-state index contributed by atoms with van der Waals surface area (Å²) in [5.41, 5.74) is 3.85. The first-order valence-corrected chi connectivity index (χ1v) is 5.75. The molecule has 0 N–H and O–H groups in total. The lowest BCUT2D eigenvalue weighted by Crippen LogP contribution is -2.03. The SMILES string of the molecule is O=C(CS)Cc1ccc2ncsc2c1. The van der Waals surface area contributed by atoms with Gasteiger partial charge in [-0.15, -0.1) is 11.3 Å². The maximum Gasteiger partial charge on any atom is 0.146 e. The summed E-state index contributed by atoms with van der Waals surface area (Å²) in [4.78, 5) is 15.3. The van der Waals surface area contributed by atoms with E-state index in [0.717, 1.165) is 15.8 Å². The van der Waals surface area contributed by atoms with Gasteiger partial charge in [-0.25, -0.2) is 4.98 Å². The molecule has 1 aromatic carbocycles. The molecule has 72 valence electrons. The lowest BCUT2D eigenvalue weighted by atomic mass is 10.1. The van der Waals surface area contributed by atoms with Crippen molar-refractivity contribution in [1.29, 1.82) is 0 Å². The van der Waals surface area contributed by atoms with E-state index in [1.165, 1.54) is 0 Å². The smallest absolute Gasteiger partial charge is 0.146 e. The molecular formula is C10H9NOS2. The summed E-state index contributed by atoms with van der Waals surface area (Å²) in [6.07, 6.45) is 0.470. The molecule has 0 atom stereocenters. The van der Waals surface area contributed by atoms with Crippen LogP contribution in [-0.2, 0) is 11.2 Å². The van der Waals surface area contributed by atoms with Crippen molar-refractivity contribution in [3.05, 3.63) is 29.3 Å². The van der Waals surface area contributed by atoms with Crippen molar-refractivity contribution in [2.45, 2.75) is 6.42 Å². The van der Waals surface area contributed by atoms with Gasteiger partial charge in [0, 0.05) is 12.2 Å². The molecule has 0 saturated carbocycles. The van der Waals surface area contributed by atoms with Gasteiger partial charge in [0.2, 0.25) is 0 Å². The maximum absolute atomic E-state index is 11.2. The van der Waals surface area contributed by atoms with Gasteiger partial charge in [-0.3, -0.25) is 4.79 Å². The predicted molar refractivity (Wildman–Crippen MR) is 62.2 cm³/mol. The van der Waals surface area contributed by atoms with Crippen molar-refractivity contribution in [3.8, 4) is 0 Å². The maximum atomic E-state index is 11.2. The molecule has 2 aromatic rings. The molecule has 0 radical (unpaired) electrons. The van der Waals surface area contributed by atoms with Crippen molar-refractivity contribution in [2.24, 2.45) is 0 Å². The van der Waals surface area contributed by atoms with Crippen molar-refractivity contribution in [1.82, 2.24) is 4.98 Å². The Balaban J connectivity index is 2.30. The number of aromatic nitrogens is 1. The van der Waals surface area contributed by atoms with Crippen LogP contribution in [0.3, 0.4) is 0 Å². The van der Waals surface area contributed by atoms with E-state index in [9.17, 15) is 4.79 Å². The third-order valence-corrected chi connectivity index (χ3v) is 3.12. The lowest BCUT2D eigenvalue weighted by Gasteiger charge is -1.98. The van der Waals surface area contributed by atoms with Crippen molar-refractivity contribution < 1.29 is 4.79 Å². The number of thiazole rings is 1. The van der Waals surface area contributed by atoms with Crippen molar-refractivity contribution in [3.63, 3.8) is 0 Å². The van der Waals surface area contributed by atoms with Crippen LogP contribution in [-0.4, -0.2) is 16.5 Å².